The summed E-state index contributed by atoms with van der Waals surface area (Å²) in [6, 6.07) is 7.27. The fraction of sp³-hybridized carbons (Fsp3) is 0.786. The molecule has 2 N–H and O–H groups in total. The summed E-state index contributed by atoms with van der Waals surface area (Å²) in [6.07, 6.45) is 4.51. The van der Waals surface area contributed by atoms with E-state index in [1.807, 2.05) is 12.1 Å². The number of unbranched alkanes of at least 4 members (excludes halogenated alkanes) is 3. The molecule has 0 spiro atoms. The summed E-state index contributed by atoms with van der Waals surface area (Å²) in [5.74, 6) is 1.52. The van der Waals surface area contributed by atoms with E-state index in [4.69, 9.17) is 60.0 Å². The van der Waals surface area contributed by atoms with Crippen LogP contribution in [-0.4, -0.2) is 118 Å². The molecule has 11 heteroatoms. The highest BCUT2D eigenvalue weighted by molar-refractivity contribution is 6.17. The molecule has 1 rings (SSSR count). The van der Waals surface area contributed by atoms with Gasteiger partial charge in [-0.25, -0.2) is 0 Å². The maximum Gasteiger partial charge on any atom is 0.119 e. The van der Waals surface area contributed by atoms with E-state index >= 15 is 0 Å². The van der Waals surface area contributed by atoms with Gasteiger partial charge in [0.15, 0.2) is 0 Å². The van der Waals surface area contributed by atoms with E-state index in [1.165, 1.54) is 12.8 Å². The number of nitrogen functional groups attached to an aromatic ring is 1. The predicted molar refractivity (Wildman–Crippen MR) is 152 cm³/mol. The lowest BCUT2D eigenvalue weighted by atomic mass is 10.2. The van der Waals surface area contributed by atoms with Crippen LogP contribution in [0.3, 0.4) is 0 Å². The van der Waals surface area contributed by atoms with Gasteiger partial charge in [-0.3, -0.25) is 0 Å². The predicted octanol–water partition coefficient (Wildman–Crippen LogP) is 3.58. The Balaban J connectivity index is 1.64. The van der Waals surface area contributed by atoms with E-state index < -0.39 is 0 Å². The van der Waals surface area contributed by atoms with Crippen LogP contribution >= 0.6 is 11.6 Å². The topological polar surface area (TPSA) is 109 Å². The summed E-state index contributed by atoms with van der Waals surface area (Å²) in [4.78, 5) is 0. The van der Waals surface area contributed by atoms with E-state index in [0.29, 0.717) is 111 Å². The number of hydrogen-bond acceptors (Lipinski definition) is 10. The van der Waals surface area contributed by atoms with Gasteiger partial charge in [0, 0.05) is 18.2 Å². The first kappa shape index (κ1) is 35.8. The Bertz CT molecular complexity index is 613. The first-order valence-electron chi connectivity index (χ1n) is 14.0. The number of benzene rings is 1. The van der Waals surface area contributed by atoms with E-state index in [2.05, 4.69) is 0 Å². The van der Waals surface area contributed by atoms with Gasteiger partial charge in [-0.1, -0.05) is 12.8 Å². The first-order chi connectivity index (χ1) is 19.3. The molecule has 0 unspecified atom stereocenters. The second kappa shape index (κ2) is 29.8. The van der Waals surface area contributed by atoms with Gasteiger partial charge in [0.25, 0.3) is 0 Å². The summed E-state index contributed by atoms with van der Waals surface area (Å²) in [5.41, 5.74) is 6.35. The Morgan fingerprint density at radius 1 is 0.410 bits per heavy atom. The molecule has 1 aromatic carbocycles. The highest BCUT2D eigenvalue weighted by Gasteiger charge is 1.97. The van der Waals surface area contributed by atoms with E-state index in [9.17, 15) is 0 Å². The molecule has 1 aromatic rings. The number of hydrogen-bond donors (Lipinski definition) is 1. The molecule has 0 atom stereocenters. The third kappa shape index (κ3) is 26.8. The smallest absolute Gasteiger partial charge is 0.119 e. The Morgan fingerprint density at radius 2 is 0.744 bits per heavy atom. The SMILES string of the molecule is Nc1ccc(OCCOCCOCCOCCOCCOCCOCCOCCOCCCCCCCl)cc1. The molecule has 0 fully saturated rings. The van der Waals surface area contributed by atoms with Crippen LogP contribution in [0.2, 0.25) is 0 Å². The lowest BCUT2D eigenvalue weighted by Gasteiger charge is -2.09. The maximum atomic E-state index is 5.65. The summed E-state index contributed by atoms with van der Waals surface area (Å²) in [7, 11) is 0. The minimum absolute atomic E-state index is 0.481. The van der Waals surface area contributed by atoms with Crippen LogP contribution in [0.4, 0.5) is 5.69 Å². The summed E-state index contributed by atoms with van der Waals surface area (Å²) in [6.45, 7) is 9.30. The van der Waals surface area contributed by atoms with Gasteiger partial charge in [-0.15, -0.1) is 11.6 Å². The molecule has 0 heterocycles. The summed E-state index contributed by atoms with van der Waals surface area (Å²) < 4.78 is 49.3. The maximum absolute atomic E-state index is 5.65. The Labute approximate surface area is 239 Å². The zero-order chi connectivity index (χ0) is 27.9. The second-order valence-corrected chi connectivity index (χ2v) is 8.80. The van der Waals surface area contributed by atoms with Crippen molar-refractivity contribution in [3.63, 3.8) is 0 Å². The fourth-order valence-electron chi connectivity index (χ4n) is 3.08. The third-order valence-electron chi connectivity index (χ3n) is 5.15. The monoisotopic (exact) mass is 579 g/mol. The number of anilines is 1. The lowest BCUT2D eigenvalue weighted by molar-refractivity contribution is -0.0236. The highest BCUT2D eigenvalue weighted by Crippen LogP contribution is 2.12. The number of nitrogens with two attached hydrogens (primary N) is 1. The van der Waals surface area contributed by atoms with Crippen LogP contribution in [0, 0.1) is 0 Å². The van der Waals surface area contributed by atoms with Crippen LogP contribution in [0.5, 0.6) is 5.75 Å². The van der Waals surface area contributed by atoms with Gasteiger partial charge in [0.1, 0.15) is 12.4 Å². The molecule has 0 bridgehead atoms. The van der Waals surface area contributed by atoms with Crippen molar-refractivity contribution in [3.05, 3.63) is 24.3 Å². The quantitative estimate of drug-likeness (QED) is 0.0796. The van der Waals surface area contributed by atoms with Gasteiger partial charge in [-0.05, 0) is 37.1 Å². The van der Waals surface area contributed by atoms with Gasteiger partial charge < -0.3 is 48.4 Å². The van der Waals surface area contributed by atoms with E-state index in [1.54, 1.807) is 12.1 Å². The minimum atomic E-state index is 0.481. The van der Waals surface area contributed by atoms with Crippen molar-refractivity contribution in [2.45, 2.75) is 25.7 Å². The fourth-order valence-corrected chi connectivity index (χ4v) is 3.27. The molecule has 0 aromatic heterocycles. The van der Waals surface area contributed by atoms with Crippen LogP contribution in [0.15, 0.2) is 24.3 Å². The molecule has 0 aliphatic carbocycles. The number of ether oxygens (including phenoxy) is 9. The van der Waals surface area contributed by atoms with Gasteiger partial charge >= 0.3 is 0 Å². The molecule has 10 nitrogen and oxygen atoms in total. The van der Waals surface area contributed by atoms with Crippen LogP contribution in [-0.2, 0) is 37.9 Å². The zero-order valence-corrected chi connectivity index (χ0v) is 24.3. The van der Waals surface area contributed by atoms with Gasteiger partial charge in [-0.2, -0.15) is 0 Å². The lowest BCUT2D eigenvalue weighted by Crippen LogP contribution is -2.15. The zero-order valence-electron chi connectivity index (χ0n) is 23.5. The Morgan fingerprint density at radius 3 is 1.13 bits per heavy atom. The van der Waals surface area contributed by atoms with E-state index in [0.717, 1.165) is 31.1 Å². The largest absolute Gasteiger partial charge is 0.491 e. The summed E-state index contributed by atoms with van der Waals surface area (Å²) >= 11 is 5.65. The average molecular weight is 580 g/mol. The molecule has 0 saturated heterocycles. The van der Waals surface area contributed by atoms with Crippen LogP contribution < -0.4 is 10.5 Å². The van der Waals surface area contributed by atoms with Crippen molar-refractivity contribution in [2.75, 3.05) is 124 Å². The van der Waals surface area contributed by atoms with Crippen LogP contribution in [0.1, 0.15) is 25.7 Å². The van der Waals surface area contributed by atoms with Crippen LogP contribution in [0.25, 0.3) is 0 Å². The standard InChI is InChI=1S/C28H50ClNO9/c29-9-3-1-2-4-10-31-11-12-32-13-14-33-15-16-34-17-18-35-19-20-36-21-22-37-23-24-38-25-26-39-28-7-5-27(30)6-8-28/h5-8H,1-4,9-26,30H2. The molecule has 228 valence electrons. The minimum Gasteiger partial charge on any atom is -0.491 e. The molecule has 0 radical (unpaired) electrons. The van der Waals surface area contributed by atoms with Crippen molar-refractivity contribution in [1.82, 2.24) is 0 Å². The molecule has 0 amide bonds. The van der Waals surface area contributed by atoms with Crippen molar-refractivity contribution >= 4 is 17.3 Å². The van der Waals surface area contributed by atoms with Crippen molar-refractivity contribution in [2.24, 2.45) is 0 Å². The third-order valence-corrected chi connectivity index (χ3v) is 5.42. The van der Waals surface area contributed by atoms with Gasteiger partial charge in [0.2, 0.25) is 0 Å². The summed E-state index contributed by atoms with van der Waals surface area (Å²) in [5, 5.41) is 0. The molecular formula is C28H50ClNO9. The number of alkyl halides is 1. The average Bonchev–Trinajstić information content (AvgIpc) is 2.95. The number of rotatable bonds is 31. The first-order valence-corrected chi connectivity index (χ1v) is 14.5. The number of halogens is 1. The second-order valence-electron chi connectivity index (χ2n) is 8.42. The van der Waals surface area contributed by atoms with Gasteiger partial charge in [0.05, 0.1) is 99.1 Å². The Hall–Kier alpha value is -1.21. The highest BCUT2D eigenvalue weighted by atomic mass is 35.5. The Kier molecular flexibility index (Phi) is 27.3. The molecule has 0 aliphatic rings. The molecule has 39 heavy (non-hydrogen) atoms. The van der Waals surface area contributed by atoms with Crippen molar-refractivity contribution in [3.8, 4) is 5.75 Å². The van der Waals surface area contributed by atoms with Crippen molar-refractivity contribution < 1.29 is 42.6 Å². The molecule has 0 aliphatic heterocycles. The molecule has 0 saturated carbocycles. The molecular weight excluding hydrogens is 530 g/mol. The van der Waals surface area contributed by atoms with E-state index in [-0.39, 0.29) is 0 Å². The van der Waals surface area contributed by atoms with Crippen molar-refractivity contribution in [1.29, 1.82) is 0 Å². The normalized spacial score (nSPS) is 11.3.